The van der Waals surface area contributed by atoms with Gasteiger partial charge in [-0.15, -0.1) is 0 Å². The minimum absolute atomic E-state index is 0.0181. The summed E-state index contributed by atoms with van der Waals surface area (Å²) >= 11 is 0. The third-order valence-electron chi connectivity index (χ3n) is 3.63. The first-order valence-corrected chi connectivity index (χ1v) is 7.24. The van der Waals surface area contributed by atoms with Gasteiger partial charge in [-0.25, -0.2) is 8.42 Å². The molecule has 1 aromatic rings. The molecule has 1 heterocycles. The van der Waals surface area contributed by atoms with Crippen LogP contribution in [0.2, 0.25) is 0 Å². The molecule has 1 N–H and O–H groups in total. The van der Waals surface area contributed by atoms with E-state index in [0.29, 0.717) is 10.6 Å². The number of anilines is 1. The van der Waals surface area contributed by atoms with E-state index in [1.807, 2.05) is 25.1 Å². The van der Waals surface area contributed by atoms with Crippen molar-refractivity contribution in [2.24, 2.45) is 5.41 Å². The number of sulfone groups is 1. The van der Waals surface area contributed by atoms with Crippen LogP contribution in [0.25, 0.3) is 0 Å². The lowest BCUT2D eigenvalue weighted by atomic mass is 10.1. The zero-order valence-electron chi connectivity index (χ0n) is 9.29. The normalized spacial score (nSPS) is 24.3. The molecule has 16 heavy (non-hydrogen) atoms. The third-order valence-corrected chi connectivity index (χ3v) is 5.79. The Morgan fingerprint density at radius 1 is 1.31 bits per heavy atom. The van der Waals surface area contributed by atoms with Crippen molar-refractivity contribution in [3.63, 3.8) is 0 Å². The summed E-state index contributed by atoms with van der Waals surface area (Å²) in [7, 11) is -3.12. The number of benzene rings is 1. The maximum Gasteiger partial charge on any atom is 0.181 e. The van der Waals surface area contributed by atoms with Crippen LogP contribution < -0.4 is 5.32 Å². The van der Waals surface area contributed by atoms with E-state index >= 15 is 0 Å². The molecule has 0 saturated heterocycles. The van der Waals surface area contributed by atoms with Crippen LogP contribution in [0.5, 0.6) is 0 Å². The highest BCUT2D eigenvalue weighted by molar-refractivity contribution is 7.91. The van der Waals surface area contributed by atoms with Gasteiger partial charge in [-0.1, -0.05) is 12.1 Å². The zero-order valence-corrected chi connectivity index (χ0v) is 10.1. The summed E-state index contributed by atoms with van der Waals surface area (Å²) in [6, 6.07) is 5.63. The van der Waals surface area contributed by atoms with Crippen LogP contribution in [0.15, 0.2) is 23.1 Å². The molecule has 4 heteroatoms. The molecule has 0 unspecified atom stereocenters. The molecule has 3 nitrogen and oxygen atoms in total. The molecule has 3 rings (SSSR count). The van der Waals surface area contributed by atoms with Crippen LogP contribution in [0.3, 0.4) is 0 Å². The van der Waals surface area contributed by atoms with Gasteiger partial charge in [0, 0.05) is 12.0 Å². The highest BCUT2D eigenvalue weighted by atomic mass is 32.2. The zero-order chi connectivity index (χ0) is 11.4. The summed E-state index contributed by atoms with van der Waals surface area (Å²) in [5.74, 6) is 0.310. The van der Waals surface area contributed by atoms with Crippen LogP contribution in [-0.2, 0) is 9.84 Å². The van der Waals surface area contributed by atoms with Gasteiger partial charge in [-0.2, -0.15) is 0 Å². The maximum atomic E-state index is 12.3. The minimum Gasteiger partial charge on any atom is -0.383 e. The predicted molar refractivity (Wildman–Crippen MR) is 63.4 cm³/mol. The first kappa shape index (κ1) is 10.1. The Balaban J connectivity index is 2.20. The molecule has 1 spiro atoms. The number of rotatable bonds is 0. The predicted octanol–water partition coefficient (Wildman–Crippen LogP) is 1.97. The van der Waals surface area contributed by atoms with Gasteiger partial charge in [-0.05, 0) is 31.4 Å². The van der Waals surface area contributed by atoms with E-state index in [1.54, 1.807) is 0 Å². The smallest absolute Gasteiger partial charge is 0.181 e. The van der Waals surface area contributed by atoms with Gasteiger partial charge in [-0.3, -0.25) is 0 Å². The molecule has 0 bridgehead atoms. The van der Waals surface area contributed by atoms with Gasteiger partial charge in [0.1, 0.15) is 0 Å². The Morgan fingerprint density at radius 3 is 2.75 bits per heavy atom. The van der Waals surface area contributed by atoms with Crippen molar-refractivity contribution >= 4 is 15.5 Å². The van der Waals surface area contributed by atoms with Crippen LogP contribution in [-0.4, -0.2) is 20.7 Å². The molecule has 0 amide bonds. The molecule has 0 radical (unpaired) electrons. The van der Waals surface area contributed by atoms with E-state index in [-0.39, 0.29) is 5.41 Å². The average molecular weight is 237 g/mol. The van der Waals surface area contributed by atoms with Crippen molar-refractivity contribution < 1.29 is 8.42 Å². The molecule has 86 valence electrons. The standard InChI is InChI=1S/C12H15NO2S/c1-9-3-2-4-10-11(9)16(14,15)8-12(5-6-12)7-13-10/h2-4,13H,5-8H2,1H3. The summed E-state index contributed by atoms with van der Waals surface area (Å²) in [5.41, 5.74) is 1.65. The number of hydrogen-bond donors (Lipinski definition) is 1. The van der Waals surface area contributed by atoms with Gasteiger partial charge < -0.3 is 5.32 Å². The molecular weight excluding hydrogens is 222 g/mol. The number of fused-ring (bicyclic) bond motifs is 1. The molecular formula is C12H15NO2S. The Hall–Kier alpha value is -1.03. The Kier molecular flexibility index (Phi) is 1.90. The molecule has 1 aliphatic carbocycles. The fourth-order valence-electron chi connectivity index (χ4n) is 2.51. The first-order valence-electron chi connectivity index (χ1n) is 5.59. The van der Waals surface area contributed by atoms with Gasteiger partial charge in [0.15, 0.2) is 9.84 Å². The number of hydrogen-bond acceptors (Lipinski definition) is 3. The summed E-state index contributed by atoms with van der Waals surface area (Å²) in [6.45, 7) is 2.66. The van der Waals surface area contributed by atoms with Gasteiger partial charge in [0.25, 0.3) is 0 Å². The SMILES string of the molecule is Cc1cccc2c1S(=O)(=O)CC1(CC1)CN2. The fraction of sp³-hybridized carbons (Fsp3) is 0.500. The molecule has 0 aromatic heterocycles. The van der Waals surface area contributed by atoms with Crippen molar-refractivity contribution in [3.05, 3.63) is 23.8 Å². The van der Waals surface area contributed by atoms with Crippen LogP contribution in [0.1, 0.15) is 18.4 Å². The van der Waals surface area contributed by atoms with Gasteiger partial charge >= 0.3 is 0 Å². The van der Waals surface area contributed by atoms with Crippen molar-refractivity contribution in [2.75, 3.05) is 17.6 Å². The second-order valence-corrected chi connectivity index (χ2v) is 6.99. The van der Waals surface area contributed by atoms with Crippen LogP contribution >= 0.6 is 0 Å². The average Bonchev–Trinajstić information content (AvgIpc) is 2.95. The Bertz CT molecular complexity index is 544. The minimum atomic E-state index is -3.12. The van der Waals surface area contributed by atoms with E-state index < -0.39 is 9.84 Å². The summed E-state index contributed by atoms with van der Waals surface area (Å²) < 4.78 is 24.7. The molecule has 2 aliphatic rings. The fourth-order valence-corrected chi connectivity index (χ4v) is 4.89. The quantitative estimate of drug-likeness (QED) is 0.750. The second-order valence-electron chi connectivity index (χ2n) is 5.06. The topological polar surface area (TPSA) is 46.2 Å². The lowest BCUT2D eigenvalue weighted by molar-refractivity contribution is 0.562. The van der Waals surface area contributed by atoms with E-state index in [0.717, 1.165) is 30.6 Å². The van der Waals surface area contributed by atoms with Crippen molar-refractivity contribution in [1.82, 2.24) is 0 Å². The lowest BCUT2D eigenvalue weighted by Gasteiger charge is -2.09. The monoisotopic (exact) mass is 237 g/mol. The molecule has 1 aromatic carbocycles. The van der Waals surface area contributed by atoms with E-state index in [2.05, 4.69) is 5.32 Å². The maximum absolute atomic E-state index is 12.3. The Morgan fingerprint density at radius 2 is 2.06 bits per heavy atom. The van der Waals surface area contributed by atoms with Crippen molar-refractivity contribution in [3.8, 4) is 0 Å². The Labute approximate surface area is 95.8 Å². The summed E-state index contributed by atoms with van der Waals surface area (Å²) in [5, 5.41) is 3.30. The van der Waals surface area contributed by atoms with Crippen molar-refractivity contribution in [1.29, 1.82) is 0 Å². The van der Waals surface area contributed by atoms with Crippen molar-refractivity contribution in [2.45, 2.75) is 24.7 Å². The summed E-state index contributed by atoms with van der Waals surface area (Å²) in [6.07, 6.45) is 2.07. The third kappa shape index (κ3) is 1.44. The first-order chi connectivity index (χ1) is 7.53. The highest BCUT2D eigenvalue weighted by Gasteiger charge is 2.48. The largest absolute Gasteiger partial charge is 0.383 e. The van der Waals surface area contributed by atoms with Gasteiger partial charge in [0.2, 0.25) is 0 Å². The van der Waals surface area contributed by atoms with E-state index in [1.165, 1.54) is 0 Å². The number of aryl methyl sites for hydroxylation is 1. The summed E-state index contributed by atoms with van der Waals surface area (Å²) in [4.78, 5) is 0.513. The molecule has 1 fully saturated rings. The van der Waals surface area contributed by atoms with Crippen LogP contribution in [0.4, 0.5) is 5.69 Å². The van der Waals surface area contributed by atoms with E-state index in [4.69, 9.17) is 0 Å². The second kappa shape index (κ2) is 3.00. The van der Waals surface area contributed by atoms with E-state index in [9.17, 15) is 8.42 Å². The lowest BCUT2D eigenvalue weighted by Crippen LogP contribution is -2.20. The molecule has 1 aliphatic heterocycles. The van der Waals surface area contributed by atoms with Gasteiger partial charge in [0.05, 0.1) is 16.3 Å². The highest BCUT2D eigenvalue weighted by Crippen LogP contribution is 2.50. The molecule has 0 atom stereocenters. The molecule has 1 saturated carbocycles. The number of nitrogens with one attached hydrogen (secondary N) is 1. The van der Waals surface area contributed by atoms with Crippen LogP contribution in [0, 0.1) is 12.3 Å².